The van der Waals surface area contributed by atoms with Gasteiger partial charge in [-0.05, 0) is 58.2 Å². The van der Waals surface area contributed by atoms with Crippen LogP contribution in [-0.4, -0.2) is 0 Å². The second-order valence-electron chi connectivity index (χ2n) is 7.26. The SMILES string of the molecule is CCC(C1=Cc2ccccc2C1)c1cccc2c1Cc1ccccc1-2.[Cl-].[Cl-].[Hf+2]. The molecule has 0 nitrogen and oxygen atoms in total. The summed E-state index contributed by atoms with van der Waals surface area (Å²) in [4.78, 5) is 0. The van der Waals surface area contributed by atoms with Crippen molar-refractivity contribution >= 4 is 6.08 Å². The summed E-state index contributed by atoms with van der Waals surface area (Å²) in [6, 6.07) is 24.6. The molecule has 140 valence electrons. The summed E-state index contributed by atoms with van der Waals surface area (Å²) in [6.07, 6.45) is 5.78. The number of fused-ring (bicyclic) bond motifs is 4. The van der Waals surface area contributed by atoms with Crippen molar-refractivity contribution in [3.05, 3.63) is 100 Å². The van der Waals surface area contributed by atoms with E-state index in [1.54, 1.807) is 11.1 Å². The molecule has 5 rings (SSSR count). The van der Waals surface area contributed by atoms with Crippen molar-refractivity contribution in [2.24, 2.45) is 0 Å². The maximum absolute atomic E-state index is 2.44. The quantitative estimate of drug-likeness (QED) is 0.313. The Labute approximate surface area is 199 Å². The molecular formula is C25H22Cl2Hf. The van der Waals surface area contributed by atoms with Gasteiger partial charge in [-0.3, -0.25) is 0 Å². The van der Waals surface area contributed by atoms with Crippen LogP contribution in [0.3, 0.4) is 0 Å². The number of allylic oxidation sites excluding steroid dienone is 1. The van der Waals surface area contributed by atoms with Gasteiger partial charge >= 0.3 is 25.8 Å². The smallest absolute Gasteiger partial charge is 1.00 e. The van der Waals surface area contributed by atoms with E-state index in [2.05, 4.69) is 79.7 Å². The molecule has 3 aromatic rings. The second kappa shape index (κ2) is 9.57. The minimum atomic E-state index is 0. The fourth-order valence-corrected chi connectivity index (χ4v) is 4.72. The summed E-state index contributed by atoms with van der Waals surface area (Å²) in [5.41, 5.74) is 11.9. The summed E-state index contributed by atoms with van der Waals surface area (Å²) in [6.45, 7) is 2.33. The molecule has 1 unspecified atom stereocenters. The van der Waals surface area contributed by atoms with Gasteiger partial charge in [-0.25, -0.2) is 0 Å². The summed E-state index contributed by atoms with van der Waals surface area (Å²) < 4.78 is 0. The summed E-state index contributed by atoms with van der Waals surface area (Å²) >= 11 is 0. The van der Waals surface area contributed by atoms with Gasteiger partial charge in [-0.1, -0.05) is 85.3 Å². The van der Waals surface area contributed by atoms with E-state index in [4.69, 9.17) is 0 Å². The molecule has 0 amide bonds. The molecule has 0 radical (unpaired) electrons. The Hall–Kier alpha value is -1.15. The van der Waals surface area contributed by atoms with E-state index in [0.29, 0.717) is 5.92 Å². The molecule has 0 spiro atoms. The Morgan fingerprint density at radius 3 is 2.18 bits per heavy atom. The van der Waals surface area contributed by atoms with E-state index in [1.165, 1.54) is 33.4 Å². The summed E-state index contributed by atoms with van der Waals surface area (Å²) in [5.74, 6) is 0.525. The van der Waals surface area contributed by atoms with Crippen LogP contribution in [0.5, 0.6) is 0 Å². The van der Waals surface area contributed by atoms with Crippen LogP contribution in [0.15, 0.2) is 72.3 Å². The first kappa shape index (κ1) is 23.1. The Balaban J connectivity index is 0.000000934. The molecule has 0 saturated carbocycles. The number of rotatable bonds is 3. The Kier molecular flexibility index (Phi) is 7.90. The zero-order valence-electron chi connectivity index (χ0n) is 15.9. The van der Waals surface area contributed by atoms with E-state index in [-0.39, 0.29) is 50.7 Å². The zero-order valence-corrected chi connectivity index (χ0v) is 21.0. The van der Waals surface area contributed by atoms with Gasteiger partial charge in [-0.15, -0.1) is 0 Å². The molecule has 28 heavy (non-hydrogen) atoms. The minimum Gasteiger partial charge on any atom is -1.00 e. The molecule has 0 aliphatic heterocycles. The number of hydrogen-bond donors (Lipinski definition) is 0. The average molecular weight is 572 g/mol. The van der Waals surface area contributed by atoms with E-state index >= 15 is 0 Å². The molecule has 0 fully saturated rings. The number of benzene rings is 3. The van der Waals surface area contributed by atoms with Crippen LogP contribution >= 0.6 is 0 Å². The largest absolute Gasteiger partial charge is 2.00 e. The molecular weight excluding hydrogens is 550 g/mol. The average Bonchev–Trinajstić information content (AvgIpc) is 3.24. The summed E-state index contributed by atoms with van der Waals surface area (Å²) in [7, 11) is 0. The van der Waals surface area contributed by atoms with Crippen LogP contribution in [0.2, 0.25) is 0 Å². The predicted molar refractivity (Wildman–Crippen MR) is 106 cm³/mol. The normalized spacial score (nSPS) is 13.7. The van der Waals surface area contributed by atoms with Crippen LogP contribution in [0.4, 0.5) is 0 Å². The van der Waals surface area contributed by atoms with E-state index in [9.17, 15) is 0 Å². The molecule has 0 bridgehead atoms. The Morgan fingerprint density at radius 1 is 0.750 bits per heavy atom. The van der Waals surface area contributed by atoms with Crippen molar-refractivity contribution in [1.82, 2.24) is 0 Å². The predicted octanol–water partition coefficient (Wildman–Crippen LogP) is 0.397. The molecule has 1 atom stereocenters. The van der Waals surface area contributed by atoms with Crippen LogP contribution in [0, 0.1) is 0 Å². The molecule has 3 aromatic carbocycles. The topological polar surface area (TPSA) is 0 Å². The van der Waals surface area contributed by atoms with Gasteiger partial charge in [0.25, 0.3) is 0 Å². The zero-order chi connectivity index (χ0) is 16.8. The van der Waals surface area contributed by atoms with Crippen LogP contribution < -0.4 is 24.8 Å². The third-order valence-corrected chi connectivity index (χ3v) is 5.91. The van der Waals surface area contributed by atoms with Crippen LogP contribution in [0.25, 0.3) is 17.2 Å². The van der Waals surface area contributed by atoms with Gasteiger partial charge in [0.1, 0.15) is 0 Å². The van der Waals surface area contributed by atoms with E-state index in [1.807, 2.05) is 0 Å². The van der Waals surface area contributed by atoms with Crippen molar-refractivity contribution in [2.45, 2.75) is 32.1 Å². The van der Waals surface area contributed by atoms with Crippen molar-refractivity contribution in [3.8, 4) is 11.1 Å². The second-order valence-corrected chi connectivity index (χ2v) is 7.26. The summed E-state index contributed by atoms with van der Waals surface area (Å²) in [5, 5.41) is 0. The van der Waals surface area contributed by atoms with Gasteiger partial charge in [-0.2, -0.15) is 0 Å². The van der Waals surface area contributed by atoms with Crippen molar-refractivity contribution in [1.29, 1.82) is 0 Å². The minimum absolute atomic E-state index is 0. The van der Waals surface area contributed by atoms with Crippen molar-refractivity contribution in [2.75, 3.05) is 0 Å². The standard InChI is InChI=1S/C25H22.2ClH.Hf/c1-2-21(20-14-17-8-3-4-9-18(17)15-20)23-12-7-13-24-22-11-6-5-10-19(22)16-25(23)24;;;/h3-14,21H,2,15-16H2,1H3;2*1H;/q;;;+2/p-2. The van der Waals surface area contributed by atoms with Crippen LogP contribution in [-0.2, 0) is 38.7 Å². The molecule has 3 heteroatoms. The van der Waals surface area contributed by atoms with Crippen molar-refractivity contribution < 1.29 is 50.7 Å². The van der Waals surface area contributed by atoms with E-state index < -0.39 is 0 Å². The monoisotopic (exact) mass is 572 g/mol. The Bertz CT molecular complexity index is 1010. The molecule has 0 aromatic heterocycles. The van der Waals surface area contributed by atoms with Gasteiger partial charge in [0.05, 0.1) is 0 Å². The number of halogens is 2. The third kappa shape index (κ3) is 3.82. The van der Waals surface area contributed by atoms with Gasteiger partial charge in [0.2, 0.25) is 0 Å². The fourth-order valence-electron chi connectivity index (χ4n) is 4.72. The van der Waals surface area contributed by atoms with Gasteiger partial charge in [0.15, 0.2) is 0 Å². The molecule has 0 saturated heterocycles. The molecule has 0 heterocycles. The first-order valence-corrected chi connectivity index (χ1v) is 9.33. The molecule has 0 N–H and O–H groups in total. The first-order valence-electron chi connectivity index (χ1n) is 9.33. The van der Waals surface area contributed by atoms with E-state index in [0.717, 1.165) is 19.3 Å². The molecule has 2 aliphatic rings. The molecule has 2 aliphatic carbocycles. The van der Waals surface area contributed by atoms with Crippen LogP contribution in [0.1, 0.15) is 47.1 Å². The maximum Gasteiger partial charge on any atom is 2.00 e. The van der Waals surface area contributed by atoms with Gasteiger partial charge in [0, 0.05) is 5.92 Å². The first-order chi connectivity index (χ1) is 12.3. The fraction of sp³-hybridized carbons (Fsp3) is 0.200. The third-order valence-electron chi connectivity index (χ3n) is 5.91. The Morgan fingerprint density at radius 2 is 1.43 bits per heavy atom. The van der Waals surface area contributed by atoms with Crippen molar-refractivity contribution in [3.63, 3.8) is 0 Å². The van der Waals surface area contributed by atoms with Gasteiger partial charge < -0.3 is 24.8 Å². The maximum atomic E-state index is 2.44. The number of hydrogen-bond acceptors (Lipinski definition) is 0.